The number of benzene rings is 6. The van der Waals surface area contributed by atoms with Gasteiger partial charge in [0, 0.05) is 33.0 Å². The Labute approximate surface area is 278 Å². The van der Waals surface area contributed by atoms with Crippen molar-refractivity contribution in [1.29, 1.82) is 0 Å². The normalized spacial score (nSPS) is 11.3. The van der Waals surface area contributed by atoms with E-state index in [9.17, 15) is 0 Å². The molecule has 0 N–H and O–H groups in total. The first kappa shape index (κ1) is 27.8. The van der Waals surface area contributed by atoms with Crippen LogP contribution >= 0.6 is 0 Å². The highest BCUT2D eigenvalue weighted by atomic mass is 15.1. The zero-order valence-electron chi connectivity index (χ0n) is 26.0. The summed E-state index contributed by atoms with van der Waals surface area (Å²) in [5.41, 5.74) is 11.9. The first-order valence-electron chi connectivity index (χ1n) is 16.1. The van der Waals surface area contributed by atoms with Gasteiger partial charge >= 0.3 is 0 Å². The summed E-state index contributed by atoms with van der Waals surface area (Å²) in [5, 5.41) is 13.6. The molecule has 4 nitrogen and oxygen atoms in total. The molecule has 6 aromatic carbocycles. The lowest BCUT2D eigenvalue weighted by atomic mass is 9.99. The van der Waals surface area contributed by atoms with Gasteiger partial charge in [-0.15, -0.1) is 10.2 Å². The van der Waals surface area contributed by atoms with Crippen LogP contribution in [0, 0.1) is 0 Å². The molecule has 3 aromatic heterocycles. The van der Waals surface area contributed by atoms with Crippen molar-refractivity contribution < 1.29 is 0 Å². The molecule has 4 heteroatoms. The Hall–Kier alpha value is -6.52. The van der Waals surface area contributed by atoms with Crippen molar-refractivity contribution in [3.63, 3.8) is 0 Å². The number of hydrogen-bond donors (Lipinski definition) is 0. The summed E-state index contributed by atoms with van der Waals surface area (Å²) in [6.45, 7) is 0. The Kier molecular flexibility index (Phi) is 6.76. The van der Waals surface area contributed by atoms with Crippen molar-refractivity contribution in [3.05, 3.63) is 170 Å². The summed E-state index contributed by atoms with van der Waals surface area (Å²) in [7, 11) is 0. The van der Waals surface area contributed by atoms with Crippen LogP contribution in [0.1, 0.15) is 0 Å². The van der Waals surface area contributed by atoms with Gasteiger partial charge in [-0.2, -0.15) is 0 Å². The maximum absolute atomic E-state index is 5.16. The summed E-state index contributed by atoms with van der Waals surface area (Å²) in [4.78, 5) is 10.3. The third-order valence-corrected chi connectivity index (χ3v) is 8.99. The Bertz CT molecular complexity index is 2580. The van der Waals surface area contributed by atoms with Crippen LogP contribution in [-0.4, -0.2) is 20.2 Å². The minimum atomic E-state index is 0.834. The Balaban J connectivity index is 1.02. The topological polar surface area (TPSA) is 51.6 Å². The molecule has 0 radical (unpaired) electrons. The number of nitrogens with zero attached hydrogens (tertiary/aromatic N) is 4. The molecule has 0 aliphatic heterocycles. The molecule has 0 aliphatic carbocycles. The highest BCUT2D eigenvalue weighted by molar-refractivity contribution is 6.04. The fourth-order valence-corrected chi connectivity index (χ4v) is 6.35. The minimum absolute atomic E-state index is 0.834. The molecular formula is C44H28N4. The van der Waals surface area contributed by atoms with E-state index in [-0.39, 0.29) is 0 Å². The molecule has 0 amide bonds. The Morgan fingerprint density at radius 2 is 0.646 bits per heavy atom. The SMILES string of the molecule is c1ccc(-c2ccc(-c3ccc(-c4ccc5ccc6ccc(-c7ccc(-c8ccc9ccccc9c8)cc7)nc6c5n4)cc3)nn2)cc1. The first-order chi connectivity index (χ1) is 23.7. The van der Waals surface area contributed by atoms with Crippen LogP contribution in [0.25, 0.3) is 88.7 Å². The van der Waals surface area contributed by atoms with Crippen LogP contribution in [0.3, 0.4) is 0 Å². The van der Waals surface area contributed by atoms with E-state index in [1.165, 1.54) is 21.9 Å². The maximum atomic E-state index is 5.16. The molecule has 224 valence electrons. The second-order valence-electron chi connectivity index (χ2n) is 12.0. The van der Waals surface area contributed by atoms with Gasteiger partial charge in [-0.1, -0.05) is 140 Å². The monoisotopic (exact) mass is 612 g/mol. The average Bonchev–Trinajstić information content (AvgIpc) is 3.18. The molecule has 0 aliphatic rings. The number of fused-ring (bicyclic) bond motifs is 4. The van der Waals surface area contributed by atoms with E-state index < -0.39 is 0 Å². The highest BCUT2D eigenvalue weighted by Gasteiger charge is 2.11. The summed E-state index contributed by atoms with van der Waals surface area (Å²) >= 11 is 0. The van der Waals surface area contributed by atoms with Crippen LogP contribution in [0.2, 0.25) is 0 Å². The third-order valence-electron chi connectivity index (χ3n) is 8.99. The van der Waals surface area contributed by atoms with Crippen molar-refractivity contribution in [1.82, 2.24) is 20.2 Å². The first-order valence-corrected chi connectivity index (χ1v) is 16.1. The molecule has 0 saturated heterocycles. The molecule has 0 unspecified atom stereocenters. The van der Waals surface area contributed by atoms with Crippen LogP contribution in [0.4, 0.5) is 0 Å². The molecule has 0 saturated carbocycles. The number of aromatic nitrogens is 4. The van der Waals surface area contributed by atoms with E-state index in [4.69, 9.17) is 9.97 Å². The second kappa shape index (κ2) is 11.7. The predicted molar refractivity (Wildman–Crippen MR) is 197 cm³/mol. The summed E-state index contributed by atoms with van der Waals surface area (Å²) < 4.78 is 0. The molecule has 9 aromatic rings. The molecule has 48 heavy (non-hydrogen) atoms. The zero-order valence-corrected chi connectivity index (χ0v) is 26.0. The van der Waals surface area contributed by atoms with E-state index in [0.29, 0.717) is 0 Å². The molecule has 0 bridgehead atoms. The summed E-state index contributed by atoms with van der Waals surface area (Å²) in [6, 6.07) is 58.9. The maximum Gasteiger partial charge on any atom is 0.0972 e. The van der Waals surface area contributed by atoms with Crippen molar-refractivity contribution >= 4 is 32.6 Å². The average molecular weight is 613 g/mol. The van der Waals surface area contributed by atoms with Gasteiger partial charge in [0.2, 0.25) is 0 Å². The van der Waals surface area contributed by atoms with Gasteiger partial charge in [-0.25, -0.2) is 9.97 Å². The van der Waals surface area contributed by atoms with E-state index >= 15 is 0 Å². The molecule has 0 atom stereocenters. The summed E-state index contributed by atoms with van der Waals surface area (Å²) in [5.74, 6) is 0. The predicted octanol–water partition coefficient (Wildman–Crippen LogP) is 11.1. The van der Waals surface area contributed by atoms with Gasteiger partial charge in [0.05, 0.1) is 33.8 Å². The molecule has 0 spiro atoms. The van der Waals surface area contributed by atoms with Gasteiger partial charge in [-0.05, 0) is 52.2 Å². The molecule has 3 heterocycles. The van der Waals surface area contributed by atoms with Gasteiger partial charge in [0.1, 0.15) is 0 Å². The quantitative estimate of drug-likeness (QED) is 0.181. The van der Waals surface area contributed by atoms with E-state index in [1.807, 2.05) is 42.5 Å². The smallest absolute Gasteiger partial charge is 0.0972 e. The van der Waals surface area contributed by atoms with Crippen molar-refractivity contribution in [2.24, 2.45) is 0 Å². The van der Waals surface area contributed by atoms with Crippen molar-refractivity contribution in [3.8, 4) is 56.2 Å². The van der Waals surface area contributed by atoms with Gasteiger partial charge < -0.3 is 0 Å². The summed E-state index contributed by atoms with van der Waals surface area (Å²) in [6.07, 6.45) is 0. The zero-order chi connectivity index (χ0) is 31.9. The lowest BCUT2D eigenvalue weighted by Crippen LogP contribution is -1.92. The fourth-order valence-electron chi connectivity index (χ4n) is 6.35. The Morgan fingerprint density at radius 1 is 0.250 bits per heavy atom. The van der Waals surface area contributed by atoms with Crippen molar-refractivity contribution in [2.75, 3.05) is 0 Å². The standard InChI is InChI=1S/C44H28N4/c1-2-7-31(8-3-1)41-26-27-42(48-47-41)34-17-15-33(16-18-34)40-25-23-36-20-19-35-22-24-39(45-43(35)44(36)46-40)32-13-10-30(11-14-32)38-21-12-29-6-4-5-9-37(29)28-38/h1-28H. The lowest BCUT2D eigenvalue weighted by molar-refractivity contribution is 1.04. The largest absolute Gasteiger partial charge is 0.245 e. The lowest BCUT2D eigenvalue weighted by Gasteiger charge is -2.09. The van der Waals surface area contributed by atoms with E-state index in [2.05, 4.69) is 138 Å². The second-order valence-corrected chi connectivity index (χ2v) is 12.0. The van der Waals surface area contributed by atoms with E-state index in [0.717, 1.165) is 66.8 Å². The van der Waals surface area contributed by atoms with Gasteiger partial charge in [0.25, 0.3) is 0 Å². The highest BCUT2D eigenvalue weighted by Crippen LogP contribution is 2.31. The molecule has 0 fully saturated rings. The van der Waals surface area contributed by atoms with Crippen LogP contribution in [0.15, 0.2) is 170 Å². The minimum Gasteiger partial charge on any atom is -0.245 e. The Morgan fingerprint density at radius 3 is 1.21 bits per heavy atom. The number of pyridine rings is 2. The van der Waals surface area contributed by atoms with Crippen LogP contribution in [0.5, 0.6) is 0 Å². The third kappa shape index (κ3) is 5.16. The van der Waals surface area contributed by atoms with Crippen LogP contribution < -0.4 is 0 Å². The van der Waals surface area contributed by atoms with Gasteiger partial charge in [-0.3, -0.25) is 0 Å². The van der Waals surface area contributed by atoms with Crippen molar-refractivity contribution in [2.45, 2.75) is 0 Å². The van der Waals surface area contributed by atoms with E-state index in [1.54, 1.807) is 0 Å². The van der Waals surface area contributed by atoms with Gasteiger partial charge in [0.15, 0.2) is 0 Å². The number of rotatable bonds is 5. The van der Waals surface area contributed by atoms with Crippen LogP contribution in [-0.2, 0) is 0 Å². The molecule has 9 rings (SSSR count). The number of hydrogen-bond acceptors (Lipinski definition) is 4. The fraction of sp³-hybridized carbons (Fsp3) is 0. The molecular weight excluding hydrogens is 585 g/mol.